The summed E-state index contributed by atoms with van der Waals surface area (Å²) in [5, 5.41) is 10.3. The van der Waals surface area contributed by atoms with Gasteiger partial charge in [0, 0.05) is 0 Å². The number of aliphatic hydroxyl groups is 1. The Morgan fingerprint density at radius 1 is 0.944 bits per heavy atom. The smallest absolute Gasteiger partial charge is 0.152 e. The molecule has 0 amide bonds. The molecule has 0 aromatic rings. The number of epoxide rings is 2. The number of rotatable bonds is 8. The molecule has 0 radical (unpaired) electrons. The standard InChI is InChI=1S/C13H28N2O3/c1-14(2,7-12-9-17-12)5-11(16)6-15(3,4)8-13-10-18-13/h11-13,16H,5-10H2,1-4H3/q+2. The van der Waals surface area contributed by atoms with Gasteiger partial charge in [-0.15, -0.1) is 0 Å². The van der Waals surface area contributed by atoms with E-state index >= 15 is 0 Å². The Bertz CT molecular complexity index is 258. The lowest BCUT2D eigenvalue weighted by atomic mass is 10.2. The van der Waals surface area contributed by atoms with Gasteiger partial charge in [-0.1, -0.05) is 0 Å². The third kappa shape index (κ3) is 5.20. The van der Waals surface area contributed by atoms with E-state index in [-0.39, 0.29) is 6.10 Å². The van der Waals surface area contributed by atoms with Crippen molar-refractivity contribution >= 4 is 0 Å². The predicted octanol–water partition coefficient (Wildman–Crippen LogP) is -0.702. The van der Waals surface area contributed by atoms with Gasteiger partial charge in [-0.2, -0.15) is 0 Å². The van der Waals surface area contributed by atoms with Crippen molar-refractivity contribution in [3.63, 3.8) is 0 Å². The van der Waals surface area contributed by atoms with Gasteiger partial charge in [-0.3, -0.25) is 0 Å². The fraction of sp³-hybridized carbons (Fsp3) is 1.00. The second kappa shape index (κ2) is 5.06. The molecule has 18 heavy (non-hydrogen) atoms. The average Bonchev–Trinajstić information content (AvgIpc) is 2.97. The van der Waals surface area contributed by atoms with Crippen molar-refractivity contribution in [3.05, 3.63) is 0 Å². The highest BCUT2D eigenvalue weighted by molar-refractivity contribution is 4.70. The van der Waals surface area contributed by atoms with Crippen LogP contribution in [0.5, 0.6) is 0 Å². The van der Waals surface area contributed by atoms with Crippen molar-refractivity contribution < 1.29 is 23.5 Å². The van der Waals surface area contributed by atoms with E-state index in [1.165, 1.54) is 0 Å². The Morgan fingerprint density at radius 3 is 1.56 bits per heavy atom. The van der Waals surface area contributed by atoms with E-state index in [2.05, 4.69) is 28.2 Å². The number of likely N-dealkylation sites (N-methyl/N-ethyl adjacent to an activating group) is 2. The van der Waals surface area contributed by atoms with Crippen molar-refractivity contribution in [2.75, 3.05) is 67.6 Å². The minimum absolute atomic E-state index is 0.271. The molecule has 2 unspecified atom stereocenters. The Balaban J connectivity index is 1.73. The zero-order valence-electron chi connectivity index (χ0n) is 12.1. The van der Waals surface area contributed by atoms with E-state index in [0.29, 0.717) is 12.2 Å². The third-order valence-corrected chi connectivity index (χ3v) is 3.61. The first-order valence-corrected chi connectivity index (χ1v) is 6.81. The van der Waals surface area contributed by atoms with Gasteiger partial charge in [-0.05, 0) is 0 Å². The van der Waals surface area contributed by atoms with Crippen LogP contribution in [0.4, 0.5) is 0 Å². The van der Waals surface area contributed by atoms with Crippen molar-refractivity contribution in [2.24, 2.45) is 0 Å². The minimum atomic E-state index is -0.271. The Kier molecular flexibility index (Phi) is 3.99. The monoisotopic (exact) mass is 260 g/mol. The van der Waals surface area contributed by atoms with Gasteiger partial charge in [0.05, 0.1) is 41.4 Å². The summed E-state index contributed by atoms with van der Waals surface area (Å²) in [5.41, 5.74) is 0. The summed E-state index contributed by atoms with van der Waals surface area (Å²) < 4.78 is 12.2. The Labute approximate surface area is 110 Å². The van der Waals surface area contributed by atoms with Crippen LogP contribution < -0.4 is 0 Å². The molecule has 0 bridgehead atoms. The second-order valence-corrected chi connectivity index (χ2v) is 7.17. The lowest BCUT2D eigenvalue weighted by Crippen LogP contribution is -2.54. The molecule has 1 N–H and O–H groups in total. The maximum atomic E-state index is 10.3. The van der Waals surface area contributed by atoms with Gasteiger partial charge >= 0.3 is 0 Å². The molecule has 0 saturated carbocycles. The first-order chi connectivity index (χ1) is 8.26. The molecule has 0 aliphatic carbocycles. The van der Waals surface area contributed by atoms with Crippen LogP contribution in [0.3, 0.4) is 0 Å². The summed E-state index contributed by atoms with van der Waals surface area (Å²) in [5.74, 6) is 0. The lowest BCUT2D eigenvalue weighted by molar-refractivity contribution is -0.915. The van der Waals surface area contributed by atoms with Crippen LogP contribution in [-0.2, 0) is 9.47 Å². The summed E-state index contributed by atoms with van der Waals surface area (Å²) >= 11 is 0. The Morgan fingerprint density at radius 2 is 1.28 bits per heavy atom. The summed E-state index contributed by atoms with van der Waals surface area (Å²) in [7, 11) is 8.65. The van der Waals surface area contributed by atoms with E-state index in [0.717, 1.165) is 48.4 Å². The summed E-state index contributed by atoms with van der Waals surface area (Å²) in [4.78, 5) is 0. The molecule has 0 aromatic carbocycles. The van der Waals surface area contributed by atoms with E-state index in [9.17, 15) is 5.11 Å². The maximum Gasteiger partial charge on any atom is 0.152 e. The van der Waals surface area contributed by atoms with Gasteiger partial charge in [0.1, 0.15) is 38.4 Å². The van der Waals surface area contributed by atoms with Crippen LogP contribution in [0.2, 0.25) is 0 Å². The number of quaternary nitrogens is 2. The van der Waals surface area contributed by atoms with Crippen LogP contribution in [0.25, 0.3) is 0 Å². The lowest BCUT2D eigenvalue weighted by Gasteiger charge is -2.35. The van der Waals surface area contributed by atoms with Gasteiger partial charge in [0.25, 0.3) is 0 Å². The number of nitrogens with zero attached hydrogens (tertiary/aromatic N) is 2. The highest BCUT2D eigenvalue weighted by atomic mass is 16.6. The van der Waals surface area contributed by atoms with E-state index in [4.69, 9.17) is 9.47 Å². The normalized spacial score (nSPS) is 29.2. The fourth-order valence-corrected chi connectivity index (χ4v) is 2.80. The molecule has 2 atom stereocenters. The minimum Gasteiger partial charge on any atom is -0.382 e. The molecule has 5 nitrogen and oxygen atoms in total. The molecular weight excluding hydrogens is 232 g/mol. The van der Waals surface area contributed by atoms with Crippen molar-refractivity contribution in [1.29, 1.82) is 0 Å². The Hall–Kier alpha value is -0.200. The van der Waals surface area contributed by atoms with Crippen LogP contribution in [0.15, 0.2) is 0 Å². The van der Waals surface area contributed by atoms with Crippen LogP contribution in [0.1, 0.15) is 0 Å². The molecule has 2 rings (SSSR count). The maximum absolute atomic E-state index is 10.3. The second-order valence-electron chi connectivity index (χ2n) is 7.17. The van der Waals surface area contributed by atoms with Gasteiger partial charge in [0.15, 0.2) is 6.10 Å². The molecule has 106 valence electrons. The molecular formula is C13H28N2O3+2. The highest BCUT2D eigenvalue weighted by Gasteiger charge is 2.36. The zero-order chi connectivity index (χ0) is 13.4. The predicted molar refractivity (Wildman–Crippen MR) is 69.2 cm³/mol. The number of hydrogen-bond acceptors (Lipinski definition) is 3. The largest absolute Gasteiger partial charge is 0.382 e. The quantitative estimate of drug-likeness (QED) is 0.463. The van der Waals surface area contributed by atoms with Crippen molar-refractivity contribution in [2.45, 2.75) is 18.3 Å². The SMILES string of the molecule is C[N+](C)(CC(O)C[N+](C)(C)CC1CO1)CC1CO1. The van der Waals surface area contributed by atoms with E-state index in [1.54, 1.807) is 0 Å². The zero-order valence-corrected chi connectivity index (χ0v) is 12.1. The van der Waals surface area contributed by atoms with Crippen LogP contribution >= 0.6 is 0 Å². The highest BCUT2D eigenvalue weighted by Crippen LogP contribution is 2.17. The number of hydrogen-bond donors (Lipinski definition) is 1. The molecule has 2 saturated heterocycles. The summed E-state index contributed by atoms with van der Waals surface area (Å²) in [6.07, 6.45) is 0.552. The van der Waals surface area contributed by atoms with Crippen LogP contribution in [0, 0.1) is 0 Å². The van der Waals surface area contributed by atoms with Crippen molar-refractivity contribution in [1.82, 2.24) is 0 Å². The van der Waals surface area contributed by atoms with Gasteiger partial charge < -0.3 is 23.5 Å². The molecule has 0 spiro atoms. The molecule has 5 heteroatoms. The number of aliphatic hydroxyl groups excluding tert-OH is 1. The molecule has 2 heterocycles. The first kappa shape index (κ1) is 14.2. The molecule has 2 aliphatic heterocycles. The van der Waals surface area contributed by atoms with E-state index in [1.807, 2.05) is 0 Å². The number of ether oxygens (including phenoxy) is 2. The van der Waals surface area contributed by atoms with Crippen LogP contribution in [-0.4, -0.2) is 100.0 Å². The first-order valence-electron chi connectivity index (χ1n) is 6.81. The topological polar surface area (TPSA) is 45.3 Å². The molecule has 2 fully saturated rings. The van der Waals surface area contributed by atoms with Gasteiger partial charge in [0.2, 0.25) is 0 Å². The van der Waals surface area contributed by atoms with Gasteiger partial charge in [-0.25, -0.2) is 0 Å². The van der Waals surface area contributed by atoms with E-state index < -0.39 is 0 Å². The molecule has 2 aliphatic rings. The third-order valence-electron chi connectivity index (χ3n) is 3.61. The fourth-order valence-electron chi connectivity index (χ4n) is 2.80. The van der Waals surface area contributed by atoms with Crippen molar-refractivity contribution in [3.8, 4) is 0 Å². The average molecular weight is 260 g/mol. The summed E-state index contributed by atoms with van der Waals surface area (Å²) in [6, 6.07) is 0. The molecule has 0 aromatic heterocycles. The summed E-state index contributed by atoms with van der Waals surface area (Å²) in [6.45, 7) is 5.34.